The van der Waals surface area contributed by atoms with Gasteiger partial charge in [-0.3, -0.25) is 9.89 Å². The smallest absolute Gasteiger partial charge is 0.253 e. The average Bonchev–Trinajstić information content (AvgIpc) is 2.95. The molecule has 1 saturated carbocycles. The van der Waals surface area contributed by atoms with Gasteiger partial charge in [0, 0.05) is 11.9 Å². The monoisotopic (exact) mass is 285 g/mol. The van der Waals surface area contributed by atoms with Crippen molar-refractivity contribution < 1.29 is 4.79 Å². The van der Waals surface area contributed by atoms with E-state index in [0.29, 0.717) is 5.56 Å². The molecule has 0 bridgehead atoms. The normalized spacial score (nSPS) is 16.2. The number of carbonyl (C=O) groups is 1. The SMILES string of the molecule is Cc1cc(C(=O)NCCC2CCCCC2)c2[nH]ncc2c1. The molecule has 1 aromatic heterocycles. The first-order valence-electron chi connectivity index (χ1n) is 7.96. The maximum absolute atomic E-state index is 12.4. The molecule has 112 valence electrons. The fourth-order valence-electron chi connectivity index (χ4n) is 3.35. The zero-order valence-corrected chi connectivity index (χ0v) is 12.6. The number of amides is 1. The molecule has 1 aliphatic rings. The van der Waals surface area contributed by atoms with Crippen LogP contribution in [0.5, 0.6) is 0 Å². The molecule has 1 amide bonds. The van der Waals surface area contributed by atoms with Gasteiger partial charge in [0.25, 0.3) is 5.91 Å². The molecule has 0 aliphatic heterocycles. The summed E-state index contributed by atoms with van der Waals surface area (Å²) in [5.41, 5.74) is 2.61. The fraction of sp³-hybridized carbons (Fsp3) is 0.529. The van der Waals surface area contributed by atoms with E-state index in [4.69, 9.17) is 0 Å². The summed E-state index contributed by atoms with van der Waals surface area (Å²) in [6, 6.07) is 3.97. The zero-order chi connectivity index (χ0) is 14.7. The number of aromatic nitrogens is 2. The number of carbonyl (C=O) groups excluding carboxylic acids is 1. The summed E-state index contributed by atoms with van der Waals surface area (Å²) in [4.78, 5) is 12.4. The molecule has 1 heterocycles. The number of benzene rings is 1. The fourth-order valence-corrected chi connectivity index (χ4v) is 3.35. The van der Waals surface area contributed by atoms with Crippen LogP contribution in [0.3, 0.4) is 0 Å². The molecule has 1 aromatic carbocycles. The van der Waals surface area contributed by atoms with Crippen LogP contribution in [0.1, 0.15) is 54.4 Å². The summed E-state index contributed by atoms with van der Waals surface area (Å²) < 4.78 is 0. The van der Waals surface area contributed by atoms with E-state index >= 15 is 0 Å². The van der Waals surface area contributed by atoms with E-state index < -0.39 is 0 Å². The summed E-state index contributed by atoms with van der Waals surface area (Å²) in [5, 5.41) is 11.0. The summed E-state index contributed by atoms with van der Waals surface area (Å²) in [6.07, 6.45) is 9.60. The molecule has 0 unspecified atom stereocenters. The molecule has 4 heteroatoms. The van der Waals surface area contributed by atoms with Crippen LogP contribution in [-0.4, -0.2) is 22.6 Å². The van der Waals surface area contributed by atoms with E-state index in [1.54, 1.807) is 6.20 Å². The van der Waals surface area contributed by atoms with E-state index in [1.807, 2.05) is 19.1 Å². The molecule has 21 heavy (non-hydrogen) atoms. The number of aryl methyl sites for hydroxylation is 1. The van der Waals surface area contributed by atoms with Gasteiger partial charge < -0.3 is 5.32 Å². The Balaban J connectivity index is 1.62. The maximum atomic E-state index is 12.4. The minimum atomic E-state index is 0.00348. The predicted octanol–water partition coefficient (Wildman–Crippen LogP) is 3.57. The Hall–Kier alpha value is -1.84. The van der Waals surface area contributed by atoms with Crippen molar-refractivity contribution in [2.24, 2.45) is 5.92 Å². The quantitative estimate of drug-likeness (QED) is 0.902. The van der Waals surface area contributed by atoms with Crippen molar-refractivity contribution in [3.05, 3.63) is 29.5 Å². The van der Waals surface area contributed by atoms with Crippen LogP contribution in [0.25, 0.3) is 10.9 Å². The molecular weight excluding hydrogens is 262 g/mol. The second-order valence-corrected chi connectivity index (χ2v) is 6.20. The molecule has 0 saturated heterocycles. The zero-order valence-electron chi connectivity index (χ0n) is 12.6. The lowest BCUT2D eigenvalue weighted by molar-refractivity contribution is 0.0951. The van der Waals surface area contributed by atoms with Crippen LogP contribution < -0.4 is 5.32 Å². The third-order valence-corrected chi connectivity index (χ3v) is 4.50. The van der Waals surface area contributed by atoms with Gasteiger partial charge in [0.1, 0.15) is 0 Å². The number of rotatable bonds is 4. The predicted molar refractivity (Wildman–Crippen MR) is 84.4 cm³/mol. The number of nitrogens with zero attached hydrogens (tertiary/aromatic N) is 1. The first-order chi connectivity index (χ1) is 10.2. The number of H-pyrrole nitrogens is 1. The van der Waals surface area contributed by atoms with Crippen molar-refractivity contribution in [1.29, 1.82) is 0 Å². The van der Waals surface area contributed by atoms with E-state index in [2.05, 4.69) is 15.5 Å². The Morgan fingerprint density at radius 1 is 1.33 bits per heavy atom. The highest BCUT2D eigenvalue weighted by molar-refractivity contribution is 6.05. The molecule has 0 radical (unpaired) electrons. The number of aromatic amines is 1. The van der Waals surface area contributed by atoms with E-state index in [0.717, 1.165) is 35.3 Å². The van der Waals surface area contributed by atoms with Gasteiger partial charge >= 0.3 is 0 Å². The van der Waals surface area contributed by atoms with Crippen molar-refractivity contribution >= 4 is 16.8 Å². The van der Waals surface area contributed by atoms with Crippen molar-refractivity contribution in [2.45, 2.75) is 45.4 Å². The third-order valence-electron chi connectivity index (χ3n) is 4.50. The van der Waals surface area contributed by atoms with Crippen molar-refractivity contribution in [3.63, 3.8) is 0 Å². The van der Waals surface area contributed by atoms with Gasteiger partial charge in [-0.05, 0) is 37.0 Å². The van der Waals surface area contributed by atoms with Crippen molar-refractivity contribution in [1.82, 2.24) is 15.5 Å². The topological polar surface area (TPSA) is 57.8 Å². The lowest BCUT2D eigenvalue weighted by Gasteiger charge is -2.21. The minimum Gasteiger partial charge on any atom is -0.352 e. The average molecular weight is 285 g/mol. The van der Waals surface area contributed by atoms with E-state index in [1.165, 1.54) is 32.1 Å². The highest BCUT2D eigenvalue weighted by Crippen LogP contribution is 2.25. The van der Waals surface area contributed by atoms with Gasteiger partial charge in [-0.1, -0.05) is 32.1 Å². The van der Waals surface area contributed by atoms with Crippen LogP contribution in [-0.2, 0) is 0 Å². The largest absolute Gasteiger partial charge is 0.352 e. The Morgan fingerprint density at radius 2 is 2.14 bits per heavy atom. The molecule has 1 fully saturated rings. The molecule has 1 aliphatic carbocycles. The highest BCUT2D eigenvalue weighted by atomic mass is 16.1. The molecule has 2 N–H and O–H groups in total. The molecule has 0 atom stereocenters. The maximum Gasteiger partial charge on any atom is 0.253 e. The van der Waals surface area contributed by atoms with Crippen LogP contribution in [0.2, 0.25) is 0 Å². The standard InChI is InChI=1S/C17H23N3O/c1-12-9-14-11-19-20-16(14)15(10-12)17(21)18-8-7-13-5-3-2-4-6-13/h9-11,13H,2-8H2,1H3,(H,18,21)(H,19,20). The van der Waals surface area contributed by atoms with E-state index in [9.17, 15) is 4.79 Å². The minimum absolute atomic E-state index is 0.00348. The second kappa shape index (κ2) is 6.29. The molecule has 4 nitrogen and oxygen atoms in total. The van der Waals surface area contributed by atoms with Gasteiger partial charge in [0.05, 0.1) is 17.3 Å². The van der Waals surface area contributed by atoms with E-state index in [-0.39, 0.29) is 5.91 Å². The van der Waals surface area contributed by atoms with Crippen LogP contribution in [0.15, 0.2) is 18.3 Å². The van der Waals surface area contributed by atoms with Crippen LogP contribution in [0.4, 0.5) is 0 Å². The van der Waals surface area contributed by atoms with Gasteiger partial charge in [-0.15, -0.1) is 0 Å². The van der Waals surface area contributed by atoms with Gasteiger partial charge in [0.15, 0.2) is 0 Å². The van der Waals surface area contributed by atoms with Crippen molar-refractivity contribution in [3.8, 4) is 0 Å². The molecule has 3 rings (SSSR count). The number of hydrogen-bond acceptors (Lipinski definition) is 2. The Morgan fingerprint density at radius 3 is 2.95 bits per heavy atom. The van der Waals surface area contributed by atoms with Gasteiger partial charge in [-0.25, -0.2) is 0 Å². The highest BCUT2D eigenvalue weighted by Gasteiger charge is 2.15. The summed E-state index contributed by atoms with van der Waals surface area (Å²) >= 11 is 0. The number of fused-ring (bicyclic) bond motifs is 1. The Labute approximate surface area is 125 Å². The van der Waals surface area contributed by atoms with Crippen LogP contribution >= 0.6 is 0 Å². The first kappa shape index (κ1) is 14.1. The summed E-state index contributed by atoms with van der Waals surface area (Å²) in [5.74, 6) is 0.799. The summed E-state index contributed by atoms with van der Waals surface area (Å²) in [7, 11) is 0. The summed E-state index contributed by atoms with van der Waals surface area (Å²) in [6.45, 7) is 2.78. The molecule has 2 aromatic rings. The van der Waals surface area contributed by atoms with Crippen molar-refractivity contribution in [2.75, 3.05) is 6.54 Å². The lowest BCUT2D eigenvalue weighted by atomic mass is 9.87. The first-order valence-corrected chi connectivity index (χ1v) is 7.96. The molecule has 0 spiro atoms. The van der Waals surface area contributed by atoms with Gasteiger partial charge in [0.2, 0.25) is 0 Å². The molecular formula is C17H23N3O. The number of nitrogens with one attached hydrogen (secondary N) is 2. The Bertz CT molecular complexity index is 626. The Kier molecular flexibility index (Phi) is 4.23. The second-order valence-electron chi connectivity index (χ2n) is 6.20. The van der Waals surface area contributed by atoms with Crippen LogP contribution in [0, 0.1) is 12.8 Å². The van der Waals surface area contributed by atoms with Gasteiger partial charge in [-0.2, -0.15) is 5.10 Å². The number of hydrogen-bond donors (Lipinski definition) is 2. The lowest BCUT2D eigenvalue weighted by Crippen LogP contribution is -2.26. The third kappa shape index (κ3) is 3.26.